The summed E-state index contributed by atoms with van der Waals surface area (Å²) in [6.07, 6.45) is 1.50. The Kier molecular flexibility index (Phi) is 5.05. The van der Waals surface area contributed by atoms with E-state index in [1.54, 1.807) is 48.7 Å². The Balaban J connectivity index is 1.63. The van der Waals surface area contributed by atoms with Gasteiger partial charge in [-0.15, -0.1) is 11.3 Å². The molecule has 0 saturated carbocycles. The van der Waals surface area contributed by atoms with Crippen LogP contribution in [0.3, 0.4) is 0 Å². The van der Waals surface area contributed by atoms with E-state index in [1.807, 2.05) is 0 Å². The van der Waals surface area contributed by atoms with Crippen molar-refractivity contribution in [2.75, 3.05) is 11.9 Å². The molecule has 29 heavy (non-hydrogen) atoms. The molecule has 148 valence electrons. The Morgan fingerprint density at radius 3 is 2.79 bits per heavy atom. The monoisotopic (exact) mass is 412 g/mol. The molecule has 0 saturated heterocycles. The van der Waals surface area contributed by atoms with Crippen LogP contribution in [-0.4, -0.2) is 23.1 Å². The fourth-order valence-electron chi connectivity index (χ4n) is 2.94. The van der Waals surface area contributed by atoms with Gasteiger partial charge in [-0.05, 0) is 31.2 Å². The molecule has 0 aliphatic heterocycles. The first-order valence-corrected chi connectivity index (χ1v) is 9.67. The Bertz CT molecular complexity index is 1230. The number of fused-ring (bicyclic) bond motifs is 1. The van der Waals surface area contributed by atoms with Crippen LogP contribution in [0, 0.1) is 0 Å². The van der Waals surface area contributed by atoms with Crippen LogP contribution in [-0.2, 0) is 16.1 Å². The van der Waals surface area contributed by atoms with E-state index in [2.05, 4.69) is 5.32 Å². The van der Waals surface area contributed by atoms with Crippen molar-refractivity contribution in [3.8, 4) is 11.3 Å². The number of para-hydroxylation sites is 2. The van der Waals surface area contributed by atoms with Crippen LogP contribution < -0.4 is 11.1 Å². The lowest BCUT2D eigenvalue weighted by Crippen LogP contribution is -2.25. The highest BCUT2D eigenvalue weighted by Gasteiger charge is 2.24. The Labute approximate surface area is 168 Å². The van der Waals surface area contributed by atoms with Crippen molar-refractivity contribution in [3.63, 3.8) is 0 Å². The van der Waals surface area contributed by atoms with Crippen LogP contribution in [0.1, 0.15) is 17.3 Å². The number of nitrogens with one attached hydrogen (secondary N) is 1. The van der Waals surface area contributed by atoms with E-state index >= 15 is 0 Å². The highest BCUT2D eigenvalue weighted by atomic mass is 32.1. The fourth-order valence-corrected chi connectivity index (χ4v) is 3.90. The highest BCUT2D eigenvalue weighted by Crippen LogP contribution is 2.36. The summed E-state index contributed by atoms with van der Waals surface area (Å²) in [7, 11) is 0. The molecule has 1 amide bonds. The van der Waals surface area contributed by atoms with Crippen LogP contribution in [0.5, 0.6) is 0 Å². The molecule has 0 spiro atoms. The van der Waals surface area contributed by atoms with Crippen LogP contribution in [0.2, 0.25) is 0 Å². The number of furan rings is 1. The number of oxazole rings is 1. The van der Waals surface area contributed by atoms with Gasteiger partial charge < -0.3 is 18.9 Å². The van der Waals surface area contributed by atoms with Crippen molar-refractivity contribution in [3.05, 3.63) is 64.2 Å². The highest BCUT2D eigenvalue weighted by molar-refractivity contribution is 7.15. The lowest BCUT2D eigenvalue weighted by atomic mass is 10.1. The fraction of sp³-hybridized carbons (Fsp3) is 0.150. The number of carbonyl (C=O) groups excluding carboxylic acids is 2. The van der Waals surface area contributed by atoms with Gasteiger partial charge in [0.05, 0.1) is 18.4 Å². The van der Waals surface area contributed by atoms with Gasteiger partial charge in [0.25, 0.3) is 0 Å². The van der Waals surface area contributed by atoms with Crippen LogP contribution >= 0.6 is 11.3 Å². The third-order valence-corrected chi connectivity index (χ3v) is 5.08. The smallest absolute Gasteiger partial charge is 0.420 e. The van der Waals surface area contributed by atoms with Gasteiger partial charge in [0.2, 0.25) is 5.91 Å². The van der Waals surface area contributed by atoms with Gasteiger partial charge in [-0.2, -0.15) is 0 Å². The number of aromatic nitrogens is 1. The maximum atomic E-state index is 12.6. The van der Waals surface area contributed by atoms with E-state index in [9.17, 15) is 14.4 Å². The van der Waals surface area contributed by atoms with Gasteiger partial charge in [0.15, 0.2) is 5.58 Å². The SMILES string of the molecule is CCOC(=O)c1c(-c2ccco2)csc1NC(=O)Cn1c(=O)oc2ccccc21. The summed E-state index contributed by atoms with van der Waals surface area (Å²) in [5.74, 6) is -1.19. The molecular formula is C20H16N2O6S. The summed E-state index contributed by atoms with van der Waals surface area (Å²) < 4.78 is 16.9. The number of rotatable bonds is 6. The summed E-state index contributed by atoms with van der Waals surface area (Å²) in [6, 6.07) is 10.3. The first kappa shape index (κ1) is 18.8. The minimum atomic E-state index is -0.630. The number of carbonyl (C=O) groups is 2. The molecule has 4 aromatic rings. The number of esters is 1. The second kappa shape index (κ2) is 7.80. The van der Waals surface area contributed by atoms with Gasteiger partial charge >= 0.3 is 11.7 Å². The van der Waals surface area contributed by atoms with E-state index in [1.165, 1.54) is 22.2 Å². The average molecular weight is 412 g/mol. The van der Waals surface area contributed by atoms with Crippen molar-refractivity contribution < 1.29 is 23.2 Å². The molecule has 8 nitrogen and oxygen atoms in total. The van der Waals surface area contributed by atoms with Crippen molar-refractivity contribution >= 4 is 39.3 Å². The number of hydrogen-bond donors (Lipinski definition) is 1. The molecule has 0 unspecified atom stereocenters. The molecule has 3 aromatic heterocycles. The lowest BCUT2D eigenvalue weighted by Gasteiger charge is -2.08. The third kappa shape index (κ3) is 3.59. The second-order valence-corrected chi connectivity index (χ2v) is 6.90. The average Bonchev–Trinajstić information content (AvgIpc) is 3.42. The first-order valence-electron chi connectivity index (χ1n) is 8.79. The molecule has 0 aliphatic carbocycles. The molecule has 3 heterocycles. The van der Waals surface area contributed by atoms with Crippen molar-refractivity contribution in [2.24, 2.45) is 0 Å². The Hall–Kier alpha value is -3.59. The lowest BCUT2D eigenvalue weighted by molar-refractivity contribution is -0.116. The van der Waals surface area contributed by atoms with Crippen molar-refractivity contribution in [2.45, 2.75) is 13.5 Å². The maximum absolute atomic E-state index is 12.6. The standard InChI is InChI=1S/C20H16N2O6S/c1-2-26-19(24)17-12(14-8-5-9-27-14)11-29-18(17)21-16(23)10-22-13-6-3-4-7-15(13)28-20(22)25/h3-9,11H,2,10H2,1H3,(H,21,23). The first-order chi connectivity index (χ1) is 14.1. The number of anilines is 1. The summed E-state index contributed by atoms with van der Waals surface area (Å²) in [4.78, 5) is 37.2. The third-order valence-electron chi connectivity index (χ3n) is 4.19. The minimum Gasteiger partial charge on any atom is -0.464 e. The van der Waals surface area contributed by atoms with Crippen LogP contribution in [0.15, 0.2) is 61.7 Å². The summed E-state index contributed by atoms with van der Waals surface area (Å²) in [5, 5.41) is 4.73. The Morgan fingerprint density at radius 2 is 2.03 bits per heavy atom. The van der Waals surface area contributed by atoms with Crippen LogP contribution in [0.25, 0.3) is 22.4 Å². The molecule has 4 rings (SSSR count). The number of hydrogen-bond acceptors (Lipinski definition) is 7. The molecule has 0 radical (unpaired) electrons. The van der Waals surface area contributed by atoms with E-state index in [-0.39, 0.29) is 18.7 Å². The normalized spacial score (nSPS) is 10.9. The minimum absolute atomic E-state index is 0.191. The summed E-state index contributed by atoms with van der Waals surface area (Å²) >= 11 is 1.17. The predicted octanol–water partition coefficient (Wildman–Crippen LogP) is 3.73. The zero-order valence-electron chi connectivity index (χ0n) is 15.3. The summed E-state index contributed by atoms with van der Waals surface area (Å²) in [5.41, 5.74) is 1.65. The number of ether oxygens (including phenoxy) is 1. The molecule has 0 fully saturated rings. The van der Waals surface area contributed by atoms with Crippen molar-refractivity contribution in [1.82, 2.24) is 4.57 Å². The van der Waals surface area contributed by atoms with E-state index in [0.717, 1.165) is 0 Å². The molecule has 1 N–H and O–H groups in total. The number of nitrogens with zero attached hydrogens (tertiary/aromatic N) is 1. The largest absolute Gasteiger partial charge is 0.464 e. The molecule has 0 aliphatic rings. The molecule has 0 bridgehead atoms. The number of amides is 1. The van der Waals surface area contributed by atoms with E-state index < -0.39 is 17.6 Å². The van der Waals surface area contributed by atoms with Gasteiger partial charge in [-0.1, -0.05) is 12.1 Å². The van der Waals surface area contributed by atoms with Gasteiger partial charge in [0, 0.05) is 10.9 Å². The molecule has 9 heteroatoms. The van der Waals surface area contributed by atoms with Gasteiger partial charge in [-0.3, -0.25) is 9.36 Å². The van der Waals surface area contributed by atoms with Crippen LogP contribution in [0.4, 0.5) is 5.00 Å². The van der Waals surface area contributed by atoms with E-state index in [0.29, 0.717) is 27.4 Å². The quantitative estimate of drug-likeness (QED) is 0.484. The van der Waals surface area contributed by atoms with Crippen molar-refractivity contribution in [1.29, 1.82) is 0 Å². The number of thiophene rings is 1. The zero-order chi connectivity index (χ0) is 20.4. The molecule has 0 atom stereocenters. The van der Waals surface area contributed by atoms with E-state index in [4.69, 9.17) is 13.6 Å². The Morgan fingerprint density at radius 1 is 1.21 bits per heavy atom. The van der Waals surface area contributed by atoms with Gasteiger partial charge in [0.1, 0.15) is 22.9 Å². The molecular weight excluding hydrogens is 396 g/mol. The zero-order valence-corrected chi connectivity index (χ0v) is 16.2. The maximum Gasteiger partial charge on any atom is 0.420 e. The topological polar surface area (TPSA) is 104 Å². The molecule has 1 aromatic carbocycles. The summed E-state index contributed by atoms with van der Waals surface area (Å²) in [6.45, 7) is 1.63. The van der Waals surface area contributed by atoms with Gasteiger partial charge in [-0.25, -0.2) is 9.59 Å². The second-order valence-electron chi connectivity index (χ2n) is 6.02. The predicted molar refractivity (Wildman–Crippen MR) is 107 cm³/mol. The number of benzene rings is 1.